The molecule has 0 aromatic carbocycles. The molecule has 0 aliphatic heterocycles. The van der Waals surface area contributed by atoms with E-state index in [4.69, 9.17) is 0 Å². The summed E-state index contributed by atoms with van der Waals surface area (Å²) < 4.78 is 0. The van der Waals surface area contributed by atoms with Crippen molar-refractivity contribution in [1.29, 1.82) is 0 Å². The monoisotopic (exact) mass is 209 g/mol. The molecule has 0 amide bonds. The van der Waals surface area contributed by atoms with Gasteiger partial charge in [-0.15, -0.1) is 0 Å². The van der Waals surface area contributed by atoms with Gasteiger partial charge < -0.3 is 15.6 Å². The average molecular weight is 209 g/mol. The fourth-order valence-corrected chi connectivity index (χ4v) is 1.28. The summed E-state index contributed by atoms with van der Waals surface area (Å²) in [5, 5.41) is 6.64. The average Bonchev–Trinajstić information content (AvgIpc) is 2.25. The summed E-state index contributed by atoms with van der Waals surface area (Å²) in [4.78, 5) is 13.5. The molecule has 4 heteroatoms. The predicted octanol–water partition coefficient (Wildman–Crippen LogP) is 0.462. The van der Waals surface area contributed by atoms with Crippen LogP contribution in [0.1, 0.15) is 19.4 Å². The van der Waals surface area contributed by atoms with Crippen molar-refractivity contribution >= 4 is 0 Å². The third-order valence-electron chi connectivity index (χ3n) is 2.20. The first-order valence-electron chi connectivity index (χ1n) is 5.34. The summed E-state index contributed by atoms with van der Waals surface area (Å²) in [5.74, 6) is 0. The molecule has 0 radical (unpaired) electrons. The van der Waals surface area contributed by atoms with Crippen LogP contribution in [0, 0.1) is 0 Å². The van der Waals surface area contributed by atoms with E-state index in [9.17, 15) is 4.79 Å². The van der Waals surface area contributed by atoms with E-state index in [0.717, 1.165) is 25.2 Å². The number of aromatic amines is 1. The van der Waals surface area contributed by atoms with Crippen molar-refractivity contribution in [2.24, 2.45) is 0 Å². The number of rotatable bonds is 6. The van der Waals surface area contributed by atoms with Gasteiger partial charge in [0.25, 0.3) is 0 Å². The van der Waals surface area contributed by atoms with Crippen LogP contribution in [0.5, 0.6) is 0 Å². The first-order valence-corrected chi connectivity index (χ1v) is 5.34. The Labute approximate surface area is 90.1 Å². The van der Waals surface area contributed by atoms with Gasteiger partial charge in [0.1, 0.15) is 0 Å². The van der Waals surface area contributed by atoms with Crippen LogP contribution in [0.2, 0.25) is 0 Å². The molecule has 0 saturated carbocycles. The number of likely N-dealkylation sites (N-methyl/N-ethyl adjacent to an activating group) is 1. The SMILES string of the molecule is CCNCC(C)NCc1ccc(=O)[nH]c1. The van der Waals surface area contributed by atoms with Gasteiger partial charge in [-0.2, -0.15) is 0 Å². The van der Waals surface area contributed by atoms with Crippen LogP contribution in [0.15, 0.2) is 23.1 Å². The minimum atomic E-state index is -0.0561. The largest absolute Gasteiger partial charge is 0.329 e. The van der Waals surface area contributed by atoms with Crippen molar-refractivity contribution in [1.82, 2.24) is 15.6 Å². The summed E-state index contributed by atoms with van der Waals surface area (Å²) in [5.41, 5.74) is 1.04. The molecule has 0 aliphatic carbocycles. The second-order valence-corrected chi connectivity index (χ2v) is 3.65. The lowest BCUT2D eigenvalue weighted by Crippen LogP contribution is -2.35. The number of H-pyrrole nitrogens is 1. The van der Waals surface area contributed by atoms with Gasteiger partial charge in [-0.05, 0) is 19.0 Å². The van der Waals surface area contributed by atoms with Crippen LogP contribution in [-0.2, 0) is 6.54 Å². The second-order valence-electron chi connectivity index (χ2n) is 3.65. The first kappa shape index (κ1) is 11.9. The van der Waals surface area contributed by atoms with E-state index in [1.54, 1.807) is 12.3 Å². The van der Waals surface area contributed by atoms with Gasteiger partial charge in [0.05, 0.1) is 0 Å². The molecule has 1 unspecified atom stereocenters. The minimum absolute atomic E-state index is 0.0561. The number of aromatic nitrogens is 1. The van der Waals surface area contributed by atoms with Crippen LogP contribution in [0.4, 0.5) is 0 Å². The summed E-state index contributed by atoms with van der Waals surface area (Å²) in [6.45, 7) is 6.96. The minimum Gasteiger partial charge on any atom is -0.329 e. The zero-order valence-corrected chi connectivity index (χ0v) is 9.34. The summed E-state index contributed by atoms with van der Waals surface area (Å²) in [7, 11) is 0. The molecule has 0 aliphatic rings. The van der Waals surface area contributed by atoms with Crippen molar-refractivity contribution in [2.45, 2.75) is 26.4 Å². The molecule has 84 valence electrons. The lowest BCUT2D eigenvalue weighted by atomic mass is 10.2. The third kappa shape index (κ3) is 4.76. The Morgan fingerprint density at radius 1 is 1.47 bits per heavy atom. The van der Waals surface area contributed by atoms with Crippen molar-refractivity contribution < 1.29 is 0 Å². The van der Waals surface area contributed by atoms with Crippen LogP contribution in [0.3, 0.4) is 0 Å². The van der Waals surface area contributed by atoms with Gasteiger partial charge in [-0.25, -0.2) is 0 Å². The third-order valence-corrected chi connectivity index (χ3v) is 2.20. The topological polar surface area (TPSA) is 56.9 Å². The summed E-state index contributed by atoms with van der Waals surface area (Å²) in [6.07, 6.45) is 1.75. The highest BCUT2D eigenvalue weighted by molar-refractivity contribution is 5.08. The molecule has 1 aromatic heterocycles. The zero-order chi connectivity index (χ0) is 11.1. The van der Waals surface area contributed by atoms with E-state index < -0.39 is 0 Å². The number of hydrogen-bond donors (Lipinski definition) is 3. The standard InChI is InChI=1S/C11H19N3O/c1-3-12-6-9(2)13-7-10-4-5-11(15)14-8-10/h4-5,8-9,12-13H,3,6-7H2,1-2H3,(H,14,15). The zero-order valence-electron chi connectivity index (χ0n) is 9.34. The highest BCUT2D eigenvalue weighted by atomic mass is 16.1. The Morgan fingerprint density at radius 3 is 2.87 bits per heavy atom. The molecule has 1 heterocycles. The molecule has 4 nitrogen and oxygen atoms in total. The maximum Gasteiger partial charge on any atom is 0.247 e. The fourth-order valence-electron chi connectivity index (χ4n) is 1.28. The summed E-state index contributed by atoms with van der Waals surface area (Å²) in [6, 6.07) is 3.81. The highest BCUT2D eigenvalue weighted by Gasteiger charge is 1.99. The Balaban J connectivity index is 2.30. The van der Waals surface area contributed by atoms with Gasteiger partial charge in [0, 0.05) is 31.4 Å². The molecular formula is C11H19N3O. The molecule has 0 fully saturated rings. The van der Waals surface area contributed by atoms with Crippen molar-refractivity contribution in [3.63, 3.8) is 0 Å². The maximum absolute atomic E-state index is 10.8. The molecule has 15 heavy (non-hydrogen) atoms. The molecule has 3 N–H and O–H groups in total. The smallest absolute Gasteiger partial charge is 0.247 e. The quantitative estimate of drug-likeness (QED) is 0.638. The first-order chi connectivity index (χ1) is 7.22. The van der Waals surface area contributed by atoms with E-state index in [-0.39, 0.29) is 5.56 Å². The fraction of sp³-hybridized carbons (Fsp3) is 0.545. The Bertz CT molecular complexity index is 314. The highest BCUT2D eigenvalue weighted by Crippen LogP contribution is 1.93. The van der Waals surface area contributed by atoms with E-state index in [1.165, 1.54) is 0 Å². The maximum atomic E-state index is 10.8. The molecule has 1 rings (SSSR count). The van der Waals surface area contributed by atoms with Crippen molar-refractivity contribution in [2.75, 3.05) is 13.1 Å². The van der Waals surface area contributed by atoms with Crippen molar-refractivity contribution in [3.8, 4) is 0 Å². The number of pyridine rings is 1. The van der Waals surface area contributed by atoms with Crippen LogP contribution < -0.4 is 16.2 Å². The lowest BCUT2D eigenvalue weighted by molar-refractivity contribution is 0.508. The van der Waals surface area contributed by atoms with Crippen molar-refractivity contribution in [3.05, 3.63) is 34.2 Å². The molecule has 0 saturated heterocycles. The van der Waals surface area contributed by atoms with E-state index in [1.807, 2.05) is 6.07 Å². The van der Waals surface area contributed by atoms with Crippen LogP contribution >= 0.6 is 0 Å². The Hall–Kier alpha value is -1.13. The lowest BCUT2D eigenvalue weighted by Gasteiger charge is -2.13. The summed E-state index contributed by atoms with van der Waals surface area (Å²) >= 11 is 0. The van der Waals surface area contributed by atoms with E-state index >= 15 is 0 Å². The van der Waals surface area contributed by atoms with Gasteiger partial charge in [0.2, 0.25) is 5.56 Å². The molecule has 1 atom stereocenters. The molecular weight excluding hydrogens is 190 g/mol. The van der Waals surface area contributed by atoms with Gasteiger partial charge in [-0.1, -0.05) is 13.0 Å². The normalized spacial score (nSPS) is 12.7. The van der Waals surface area contributed by atoms with Crippen LogP contribution in [-0.4, -0.2) is 24.1 Å². The second kappa shape index (κ2) is 6.37. The Kier molecular flexibility index (Phi) is 5.07. The molecule has 0 bridgehead atoms. The van der Waals surface area contributed by atoms with Gasteiger partial charge >= 0.3 is 0 Å². The van der Waals surface area contributed by atoms with Gasteiger partial charge in [-0.3, -0.25) is 4.79 Å². The predicted molar refractivity (Wildman–Crippen MR) is 61.9 cm³/mol. The number of nitrogens with one attached hydrogen (secondary N) is 3. The Morgan fingerprint density at radius 2 is 2.27 bits per heavy atom. The number of hydrogen-bond acceptors (Lipinski definition) is 3. The van der Waals surface area contributed by atoms with E-state index in [2.05, 4.69) is 29.5 Å². The molecule has 0 spiro atoms. The van der Waals surface area contributed by atoms with Crippen LogP contribution in [0.25, 0.3) is 0 Å². The molecule has 1 aromatic rings. The van der Waals surface area contributed by atoms with E-state index in [0.29, 0.717) is 6.04 Å². The van der Waals surface area contributed by atoms with Gasteiger partial charge in [0.15, 0.2) is 0 Å².